The van der Waals surface area contributed by atoms with Gasteiger partial charge in [0.1, 0.15) is 0 Å². The second-order valence-corrected chi connectivity index (χ2v) is 6.01. The summed E-state index contributed by atoms with van der Waals surface area (Å²) >= 11 is 0. The van der Waals surface area contributed by atoms with E-state index in [2.05, 4.69) is 11.9 Å². The lowest BCUT2D eigenvalue weighted by molar-refractivity contribution is -0.144. The van der Waals surface area contributed by atoms with Crippen LogP contribution in [0, 0.1) is 19.8 Å². The summed E-state index contributed by atoms with van der Waals surface area (Å²) in [5.74, 6) is -1.83. The molecule has 4 heteroatoms. The molecule has 4 nitrogen and oxygen atoms in total. The van der Waals surface area contributed by atoms with Gasteiger partial charge in [-0.15, -0.1) is 0 Å². The molecule has 2 aromatic rings. The van der Waals surface area contributed by atoms with E-state index in [0.29, 0.717) is 11.3 Å². The summed E-state index contributed by atoms with van der Waals surface area (Å²) < 4.78 is 5.28. The van der Waals surface area contributed by atoms with Gasteiger partial charge in [-0.25, -0.2) is 0 Å². The number of cyclic esters (lactones) is 1. The highest BCUT2D eigenvalue weighted by atomic mass is 16.6. The highest BCUT2D eigenvalue weighted by Gasteiger charge is 2.45. The van der Waals surface area contributed by atoms with Crippen LogP contribution in [0.4, 0.5) is 5.69 Å². The van der Waals surface area contributed by atoms with E-state index in [1.807, 2.05) is 50.2 Å². The van der Waals surface area contributed by atoms with Crippen LogP contribution in [-0.4, -0.2) is 11.8 Å². The van der Waals surface area contributed by atoms with Crippen molar-refractivity contribution in [2.75, 3.05) is 5.32 Å². The Morgan fingerprint density at radius 3 is 2.42 bits per heavy atom. The minimum Gasteiger partial charge on any atom is -0.449 e. The van der Waals surface area contributed by atoms with Gasteiger partial charge < -0.3 is 10.1 Å². The van der Waals surface area contributed by atoms with Crippen LogP contribution in [0.1, 0.15) is 22.8 Å². The van der Waals surface area contributed by atoms with E-state index in [4.69, 9.17) is 4.74 Å². The number of hydrogen-bond donors (Lipinski definition) is 1. The first-order valence-corrected chi connectivity index (χ1v) is 7.79. The van der Waals surface area contributed by atoms with Crippen molar-refractivity contribution < 1.29 is 14.3 Å². The molecule has 122 valence electrons. The number of rotatable bonds is 4. The van der Waals surface area contributed by atoms with E-state index in [9.17, 15) is 9.59 Å². The molecule has 1 saturated heterocycles. The van der Waals surface area contributed by atoms with Crippen molar-refractivity contribution in [1.29, 1.82) is 0 Å². The first-order chi connectivity index (χ1) is 11.5. The van der Waals surface area contributed by atoms with Gasteiger partial charge in [-0.3, -0.25) is 9.59 Å². The number of carbonyl (C=O) groups is 2. The molecule has 1 fully saturated rings. The molecule has 1 N–H and O–H groups in total. The van der Waals surface area contributed by atoms with Crippen LogP contribution in [0.15, 0.2) is 60.8 Å². The monoisotopic (exact) mass is 321 g/mol. The molecule has 0 amide bonds. The van der Waals surface area contributed by atoms with Crippen LogP contribution < -0.4 is 5.32 Å². The predicted molar refractivity (Wildman–Crippen MR) is 92.5 cm³/mol. The predicted octanol–water partition coefficient (Wildman–Crippen LogP) is 3.71. The molecule has 0 aliphatic carbocycles. The third-order valence-electron chi connectivity index (χ3n) is 4.28. The Kier molecular flexibility index (Phi) is 4.21. The number of aryl methyl sites for hydroxylation is 2. The van der Waals surface area contributed by atoms with E-state index in [-0.39, 0.29) is 5.78 Å². The van der Waals surface area contributed by atoms with Crippen molar-refractivity contribution in [2.45, 2.75) is 20.0 Å². The number of ketones is 1. The first-order valence-electron chi connectivity index (χ1n) is 7.79. The highest BCUT2D eigenvalue weighted by molar-refractivity contribution is 6.09. The normalized spacial score (nSPS) is 19.9. The Morgan fingerprint density at radius 1 is 1.04 bits per heavy atom. The fourth-order valence-electron chi connectivity index (χ4n) is 2.76. The second kappa shape index (κ2) is 6.32. The van der Waals surface area contributed by atoms with E-state index in [1.54, 1.807) is 12.1 Å². The third kappa shape index (κ3) is 2.95. The van der Waals surface area contributed by atoms with E-state index in [0.717, 1.165) is 11.3 Å². The van der Waals surface area contributed by atoms with Crippen LogP contribution in [0.25, 0.3) is 0 Å². The molecular weight excluding hydrogens is 302 g/mol. The van der Waals surface area contributed by atoms with Gasteiger partial charge in [0.2, 0.25) is 0 Å². The number of carbonyl (C=O) groups excluding carboxylic acids is 2. The fourth-order valence-corrected chi connectivity index (χ4v) is 2.76. The molecule has 1 aliphatic heterocycles. The van der Waals surface area contributed by atoms with Crippen molar-refractivity contribution in [1.82, 2.24) is 0 Å². The SMILES string of the molecule is C=C(Nc1ccc(C)c(C)c1)[C@H]1C(=O)O[C@@H](c2ccccc2)C1=O. The van der Waals surface area contributed by atoms with E-state index in [1.165, 1.54) is 5.56 Å². The summed E-state index contributed by atoms with van der Waals surface area (Å²) in [6, 6.07) is 14.9. The van der Waals surface area contributed by atoms with Crippen molar-refractivity contribution in [2.24, 2.45) is 5.92 Å². The number of ether oxygens (including phenoxy) is 1. The Labute approximate surface area is 141 Å². The van der Waals surface area contributed by atoms with Gasteiger partial charge in [0.15, 0.2) is 17.8 Å². The number of hydrogen-bond acceptors (Lipinski definition) is 4. The highest BCUT2D eigenvalue weighted by Crippen LogP contribution is 2.33. The fraction of sp³-hybridized carbons (Fsp3) is 0.200. The van der Waals surface area contributed by atoms with Crippen molar-refractivity contribution >= 4 is 17.4 Å². The summed E-state index contributed by atoms with van der Waals surface area (Å²) in [7, 11) is 0. The van der Waals surface area contributed by atoms with Gasteiger partial charge in [-0.05, 0) is 37.1 Å². The molecule has 3 rings (SSSR count). The Balaban J connectivity index is 1.78. The summed E-state index contributed by atoms with van der Waals surface area (Å²) in [5.41, 5.74) is 4.11. The molecule has 0 spiro atoms. The topological polar surface area (TPSA) is 55.4 Å². The average molecular weight is 321 g/mol. The number of benzene rings is 2. The van der Waals surface area contributed by atoms with Gasteiger partial charge in [0, 0.05) is 16.9 Å². The van der Waals surface area contributed by atoms with Crippen molar-refractivity contribution in [3.63, 3.8) is 0 Å². The zero-order chi connectivity index (χ0) is 17.3. The molecule has 0 saturated carbocycles. The average Bonchev–Trinajstić information content (AvgIpc) is 2.86. The minimum atomic E-state index is -0.989. The Morgan fingerprint density at radius 2 is 1.75 bits per heavy atom. The Bertz CT molecular complexity index is 811. The maximum Gasteiger partial charge on any atom is 0.323 e. The molecule has 1 aliphatic rings. The molecule has 0 unspecified atom stereocenters. The largest absolute Gasteiger partial charge is 0.449 e. The summed E-state index contributed by atoms with van der Waals surface area (Å²) in [4.78, 5) is 24.8. The lowest BCUT2D eigenvalue weighted by Crippen LogP contribution is -2.22. The smallest absolute Gasteiger partial charge is 0.323 e. The zero-order valence-electron chi connectivity index (χ0n) is 13.7. The van der Waals surface area contributed by atoms with Crippen molar-refractivity contribution in [3.8, 4) is 0 Å². The van der Waals surface area contributed by atoms with E-state index >= 15 is 0 Å². The molecule has 0 bridgehead atoms. The van der Waals surface area contributed by atoms with Crippen LogP contribution in [0.5, 0.6) is 0 Å². The van der Waals surface area contributed by atoms with Crippen LogP contribution in [0.3, 0.4) is 0 Å². The van der Waals surface area contributed by atoms with Crippen LogP contribution in [0.2, 0.25) is 0 Å². The first kappa shape index (κ1) is 16.0. The lowest BCUT2D eigenvalue weighted by Gasteiger charge is -2.13. The number of nitrogens with one attached hydrogen (secondary N) is 1. The Hall–Kier alpha value is -2.88. The second-order valence-electron chi connectivity index (χ2n) is 6.01. The van der Waals surface area contributed by atoms with Gasteiger partial charge in [0.05, 0.1) is 0 Å². The summed E-state index contributed by atoms with van der Waals surface area (Å²) in [6.07, 6.45) is -0.859. The third-order valence-corrected chi connectivity index (χ3v) is 4.28. The van der Waals surface area contributed by atoms with Crippen molar-refractivity contribution in [3.05, 3.63) is 77.5 Å². The maximum atomic E-state index is 12.6. The molecule has 0 aromatic heterocycles. The van der Waals surface area contributed by atoms with E-state index < -0.39 is 18.0 Å². The number of esters is 1. The molecular formula is C20H19NO3. The molecule has 0 radical (unpaired) electrons. The van der Waals surface area contributed by atoms with Crippen LogP contribution in [-0.2, 0) is 14.3 Å². The number of anilines is 1. The molecule has 2 atom stereocenters. The van der Waals surface area contributed by atoms with Crippen LogP contribution >= 0.6 is 0 Å². The summed E-state index contributed by atoms with van der Waals surface area (Å²) in [6.45, 7) is 7.91. The molecule has 24 heavy (non-hydrogen) atoms. The van der Waals surface area contributed by atoms with Gasteiger partial charge >= 0.3 is 5.97 Å². The summed E-state index contributed by atoms with van der Waals surface area (Å²) in [5, 5.41) is 3.07. The molecule has 1 heterocycles. The molecule has 2 aromatic carbocycles. The van der Waals surface area contributed by atoms with Gasteiger partial charge in [-0.2, -0.15) is 0 Å². The number of Topliss-reactive ketones (excluding diaryl/α,β-unsaturated/α-hetero) is 1. The van der Waals surface area contributed by atoms with Gasteiger partial charge in [-0.1, -0.05) is 43.0 Å². The quantitative estimate of drug-likeness (QED) is 0.689. The minimum absolute atomic E-state index is 0.285. The van der Waals surface area contributed by atoms with Gasteiger partial charge in [0.25, 0.3) is 0 Å². The zero-order valence-corrected chi connectivity index (χ0v) is 13.7. The standard InChI is InChI=1S/C20H19NO3/c1-12-9-10-16(11-13(12)2)21-14(3)17-18(22)19(24-20(17)23)15-7-5-4-6-8-15/h4-11,17,19,21H,3H2,1-2H3/t17-,19+/m1/s1. The lowest BCUT2D eigenvalue weighted by atomic mass is 9.96. The maximum absolute atomic E-state index is 12.6.